The van der Waals surface area contributed by atoms with E-state index in [2.05, 4.69) is 0 Å². The lowest BCUT2D eigenvalue weighted by Gasteiger charge is -2.30. The van der Waals surface area contributed by atoms with Crippen LogP contribution < -0.4 is 4.74 Å². The van der Waals surface area contributed by atoms with E-state index in [0.717, 1.165) is 43.8 Å². The number of methoxy groups -OCH3 is 1. The molecular formula is C27H28N2O4S2. The van der Waals surface area contributed by atoms with Crippen LogP contribution in [-0.4, -0.2) is 52.2 Å². The molecule has 6 nitrogen and oxygen atoms in total. The van der Waals surface area contributed by atoms with Gasteiger partial charge in [0.05, 0.1) is 17.6 Å². The number of fused-ring (bicyclic) bond motifs is 2. The van der Waals surface area contributed by atoms with Gasteiger partial charge in [-0.1, -0.05) is 30.4 Å². The van der Waals surface area contributed by atoms with E-state index in [9.17, 15) is 9.59 Å². The van der Waals surface area contributed by atoms with Crippen LogP contribution in [0.1, 0.15) is 54.6 Å². The number of hydrogen-bond donors (Lipinski definition) is 0. The number of benzene rings is 1. The summed E-state index contributed by atoms with van der Waals surface area (Å²) < 4.78 is 12.2. The second-order valence-electron chi connectivity index (χ2n) is 9.91. The molecule has 0 radical (unpaired) electrons. The van der Waals surface area contributed by atoms with E-state index in [0.29, 0.717) is 38.0 Å². The lowest BCUT2D eigenvalue weighted by Crippen LogP contribution is -2.41. The van der Waals surface area contributed by atoms with Crippen LogP contribution in [0, 0.1) is 11.8 Å². The highest BCUT2D eigenvalue weighted by Gasteiger charge is 2.48. The summed E-state index contributed by atoms with van der Waals surface area (Å²) in [4.78, 5) is 30.6. The van der Waals surface area contributed by atoms with Crippen molar-refractivity contribution in [1.29, 1.82) is 0 Å². The summed E-state index contributed by atoms with van der Waals surface area (Å²) in [5, 5.41) is 0. The van der Waals surface area contributed by atoms with Gasteiger partial charge in [-0.3, -0.25) is 14.5 Å². The fourth-order valence-corrected chi connectivity index (χ4v) is 7.48. The molecule has 0 N–H and O–H groups in total. The zero-order chi connectivity index (χ0) is 24.1. The number of thioether (sulfide) groups is 1. The lowest BCUT2D eigenvalue weighted by molar-refractivity contribution is -0.124. The first-order valence-corrected chi connectivity index (χ1v) is 13.6. The topological polar surface area (TPSA) is 63.0 Å². The van der Waals surface area contributed by atoms with Crippen molar-refractivity contribution in [3.05, 3.63) is 46.6 Å². The molecule has 3 unspecified atom stereocenters. The van der Waals surface area contributed by atoms with Crippen LogP contribution in [0.3, 0.4) is 0 Å². The van der Waals surface area contributed by atoms with Gasteiger partial charge in [0.2, 0.25) is 0 Å². The van der Waals surface area contributed by atoms with Crippen LogP contribution >= 0.6 is 24.0 Å². The summed E-state index contributed by atoms with van der Waals surface area (Å²) in [7, 11) is 1.58. The molecule has 2 saturated heterocycles. The van der Waals surface area contributed by atoms with E-state index in [-0.39, 0.29) is 17.9 Å². The normalized spacial score (nSPS) is 27.0. The van der Waals surface area contributed by atoms with Gasteiger partial charge in [-0.05, 0) is 74.3 Å². The van der Waals surface area contributed by atoms with Crippen LogP contribution in [0.25, 0.3) is 17.4 Å². The molecule has 2 saturated carbocycles. The van der Waals surface area contributed by atoms with Gasteiger partial charge in [-0.2, -0.15) is 0 Å². The van der Waals surface area contributed by atoms with Gasteiger partial charge < -0.3 is 14.1 Å². The average molecular weight is 509 g/mol. The van der Waals surface area contributed by atoms with Crippen LogP contribution in [-0.2, 0) is 4.79 Å². The number of carbonyl (C=O) groups excluding carboxylic acids is 2. The van der Waals surface area contributed by atoms with Crippen molar-refractivity contribution in [2.24, 2.45) is 11.8 Å². The highest BCUT2D eigenvalue weighted by atomic mass is 32.2. The van der Waals surface area contributed by atoms with Crippen molar-refractivity contribution >= 4 is 46.2 Å². The zero-order valence-electron chi connectivity index (χ0n) is 19.7. The molecule has 35 heavy (non-hydrogen) atoms. The first-order valence-electron chi connectivity index (χ1n) is 12.4. The molecule has 6 rings (SSSR count). The number of thiocarbonyl (C=S) groups is 1. The van der Waals surface area contributed by atoms with Crippen molar-refractivity contribution in [1.82, 2.24) is 9.80 Å². The second kappa shape index (κ2) is 9.13. The molecule has 4 aliphatic rings. The lowest BCUT2D eigenvalue weighted by atomic mass is 9.94. The third-order valence-corrected chi connectivity index (χ3v) is 9.19. The first kappa shape index (κ1) is 22.9. The number of nitrogens with zero attached hydrogens (tertiary/aromatic N) is 2. The van der Waals surface area contributed by atoms with Crippen LogP contribution in [0.15, 0.2) is 39.7 Å². The molecule has 182 valence electrons. The highest BCUT2D eigenvalue weighted by Crippen LogP contribution is 2.49. The monoisotopic (exact) mass is 508 g/mol. The summed E-state index contributed by atoms with van der Waals surface area (Å²) >= 11 is 6.96. The molecule has 3 atom stereocenters. The minimum atomic E-state index is -0.0164. The summed E-state index contributed by atoms with van der Waals surface area (Å²) in [5.41, 5.74) is 1.33. The Morgan fingerprint density at radius 3 is 2.71 bits per heavy atom. The molecular weight excluding hydrogens is 480 g/mol. The molecule has 1 aromatic carbocycles. The number of rotatable bonds is 5. The predicted octanol–water partition coefficient (Wildman–Crippen LogP) is 5.58. The summed E-state index contributed by atoms with van der Waals surface area (Å²) in [5.74, 6) is 3.11. The number of ether oxygens (including phenoxy) is 1. The largest absolute Gasteiger partial charge is 0.496 e. The van der Waals surface area contributed by atoms with Gasteiger partial charge in [-0.15, -0.1) is 0 Å². The maximum absolute atomic E-state index is 13.2. The Morgan fingerprint density at radius 1 is 1.17 bits per heavy atom. The Hall–Kier alpha value is -2.58. The van der Waals surface area contributed by atoms with Gasteiger partial charge in [0.15, 0.2) is 0 Å². The Balaban J connectivity index is 1.23. The van der Waals surface area contributed by atoms with Crippen molar-refractivity contribution in [3.63, 3.8) is 0 Å². The number of furan rings is 1. The van der Waals surface area contributed by atoms with E-state index < -0.39 is 0 Å². The van der Waals surface area contributed by atoms with Crippen molar-refractivity contribution in [2.75, 3.05) is 20.2 Å². The Kier molecular flexibility index (Phi) is 5.96. The van der Waals surface area contributed by atoms with Crippen molar-refractivity contribution in [3.8, 4) is 17.1 Å². The van der Waals surface area contributed by atoms with Crippen molar-refractivity contribution in [2.45, 2.75) is 44.6 Å². The van der Waals surface area contributed by atoms with Gasteiger partial charge in [0.1, 0.15) is 21.6 Å². The maximum Gasteiger partial charge on any atom is 0.266 e. The van der Waals surface area contributed by atoms with E-state index in [1.54, 1.807) is 19.3 Å². The number of hydrogen-bond acceptors (Lipinski definition) is 6. The second-order valence-corrected chi connectivity index (χ2v) is 11.6. The Bertz CT molecular complexity index is 1230. The fourth-order valence-electron chi connectivity index (χ4n) is 6.13. The molecule has 2 amide bonds. The zero-order valence-corrected chi connectivity index (χ0v) is 21.3. The number of likely N-dealkylation sites (tertiary alicyclic amines) is 1. The SMILES string of the molecule is COc1ccc(-c2ccc(C=C3SC(=S)N(C4CC5CCC4C5)C3=O)o2)cc1C(=O)N1CCCC1. The third-order valence-electron chi connectivity index (χ3n) is 7.86. The van der Waals surface area contributed by atoms with Gasteiger partial charge in [0.25, 0.3) is 11.8 Å². The molecule has 2 bridgehead atoms. The fraction of sp³-hybridized carbons (Fsp3) is 0.444. The summed E-state index contributed by atoms with van der Waals surface area (Å²) in [6, 6.07) is 9.50. The Morgan fingerprint density at radius 2 is 2.00 bits per heavy atom. The molecule has 8 heteroatoms. The maximum atomic E-state index is 13.2. The molecule has 2 aliphatic carbocycles. The first-order chi connectivity index (χ1) is 17.0. The molecule has 1 aromatic heterocycles. The Labute approximate surface area is 214 Å². The van der Waals surface area contributed by atoms with Crippen LogP contribution in [0.2, 0.25) is 0 Å². The van der Waals surface area contributed by atoms with Crippen LogP contribution in [0.4, 0.5) is 0 Å². The standard InChI is InChI=1S/C27H28N2O4S2/c1-32-23-8-6-18(14-20(23)25(30)28-10-2-3-11-28)22-9-7-19(33-22)15-24-26(31)29(27(34)35-24)21-13-16-4-5-17(21)12-16/h6-9,14-17,21H,2-5,10-13H2,1H3. The van der Waals surface area contributed by atoms with E-state index in [4.69, 9.17) is 21.4 Å². The third kappa shape index (κ3) is 4.10. The number of amides is 2. The summed E-state index contributed by atoms with van der Waals surface area (Å²) in [6.07, 6.45) is 8.65. The predicted molar refractivity (Wildman–Crippen MR) is 140 cm³/mol. The quantitative estimate of drug-likeness (QED) is 0.388. The molecule has 3 heterocycles. The molecule has 0 spiro atoms. The van der Waals surface area contributed by atoms with Crippen LogP contribution in [0.5, 0.6) is 5.75 Å². The smallest absolute Gasteiger partial charge is 0.266 e. The highest BCUT2D eigenvalue weighted by molar-refractivity contribution is 8.26. The van der Waals surface area contributed by atoms with Gasteiger partial charge in [-0.25, -0.2) is 0 Å². The average Bonchev–Trinajstić information content (AvgIpc) is 3.69. The number of carbonyl (C=O) groups is 2. The van der Waals surface area contributed by atoms with E-state index >= 15 is 0 Å². The molecule has 2 aliphatic heterocycles. The molecule has 2 aromatic rings. The minimum Gasteiger partial charge on any atom is -0.496 e. The summed E-state index contributed by atoms with van der Waals surface area (Å²) in [6.45, 7) is 1.55. The molecule has 4 fully saturated rings. The van der Waals surface area contributed by atoms with E-state index in [1.807, 2.05) is 34.1 Å². The van der Waals surface area contributed by atoms with E-state index in [1.165, 1.54) is 31.0 Å². The van der Waals surface area contributed by atoms with Gasteiger partial charge >= 0.3 is 0 Å². The van der Waals surface area contributed by atoms with Gasteiger partial charge in [0, 0.05) is 30.8 Å². The minimum absolute atomic E-state index is 0.00144. The van der Waals surface area contributed by atoms with Crippen molar-refractivity contribution < 1.29 is 18.7 Å².